The van der Waals surface area contributed by atoms with Crippen molar-refractivity contribution < 1.29 is 9.53 Å². The van der Waals surface area contributed by atoms with Gasteiger partial charge in [0.05, 0.1) is 18.5 Å². The van der Waals surface area contributed by atoms with E-state index < -0.39 is 5.92 Å². The first-order valence-corrected chi connectivity index (χ1v) is 10.2. The van der Waals surface area contributed by atoms with Gasteiger partial charge >= 0.3 is 0 Å². The lowest BCUT2D eigenvalue weighted by Gasteiger charge is -2.20. The number of ketones is 1. The Morgan fingerprint density at radius 1 is 1.15 bits per heavy atom. The van der Waals surface area contributed by atoms with Crippen molar-refractivity contribution in [2.24, 2.45) is 0 Å². The molecule has 140 valence electrons. The number of pyridine rings is 1. The van der Waals surface area contributed by atoms with Crippen molar-refractivity contribution in [2.45, 2.75) is 25.2 Å². The molecule has 0 radical (unpaired) electrons. The predicted octanol–water partition coefficient (Wildman–Crippen LogP) is 6.12. The summed E-state index contributed by atoms with van der Waals surface area (Å²) in [6.07, 6.45) is 2.08. The van der Waals surface area contributed by atoms with Crippen molar-refractivity contribution in [2.75, 3.05) is 13.0 Å². The van der Waals surface area contributed by atoms with Crippen molar-refractivity contribution in [1.82, 2.24) is 4.98 Å². The van der Waals surface area contributed by atoms with Gasteiger partial charge < -0.3 is 4.74 Å². The summed E-state index contributed by atoms with van der Waals surface area (Å²) < 4.78 is 6.54. The highest BCUT2D eigenvalue weighted by molar-refractivity contribution is 9.10. The number of nitrogens with zero attached hydrogens (tertiary/aromatic N) is 1. The van der Waals surface area contributed by atoms with Crippen LogP contribution in [0.4, 0.5) is 0 Å². The van der Waals surface area contributed by atoms with Crippen molar-refractivity contribution >= 4 is 44.2 Å². The third kappa shape index (κ3) is 4.69. The number of Topliss-reactive ketones (excluding diaryl/α,β-unsaturated/α-hetero) is 1. The molecule has 0 saturated carbocycles. The maximum Gasteiger partial charge on any atom is 0.217 e. The van der Waals surface area contributed by atoms with Crippen LogP contribution in [0.1, 0.15) is 36.3 Å². The number of halogens is 2. The van der Waals surface area contributed by atoms with Crippen molar-refractivity contribution in [3.8, 4) is 5.88 Å². The first-order chi connectivity index (χ1) is 13.1. The van der Waals surface area contributed by atoms with Crippen LogP contribution in [0.3, 0.4) is 0 Å². The summed E-state index contributed by atoms with van der Waals surface area (Å²) >= 11 is 9.29. The summed E-state index contributed by atoms with van der Waals surface area (Å²) in [6.45, 7) is 0. The molecule has 0 fully saturated rings. The quantitative estimate of drug-likeness (QED) is 0.309. The maximum atomic E-state index is 13.2. The van der Waals surface area contributed by atoms with E-state index in [1.54, 1.807) is 7.11 Å². The largest absolute Gasteiger partial charge is 0.481 e. The highest BCUT2D eigenvalue weighted by Gasteiger charge is 2.26. The predicted molar refractivity (Wildman–Crippen MR) is 114 cm³/mol. The molecule has 1 aromatic heterocycles. The number of carbonyl (C=O) groups is 1. The Labute approximate surface area is 172 Å². The Balaban J connectivity index is 2.11. The van der Waals surface area contributed by atoms with Gasteiger partial charge in [0.15, 0.2) is 0 Å². The number of alkyl halides is 1. The Morgan fingerprint density at radius 2 is 1.93 bits per heavy atom. The van der Waals surface area contributed by atoms with Crippen molar-refractivity contribution in [1.29, 1.82) is 0 Å². The van der Waals surface area contributed by atoms with E-state index in [9.17, 15) is 4.79 Å². The Bertz CT molecular complexity index is 930. The summed E-state index contributed by atoms with van der Waals surface area (Å²) in [5.41, 5.74) is 2.58. The molecule has 5 heteroatoms. The van der Waals surface area contributed by atoms with Gasteiger partial charge in [-0.05, 0) is 42.7 Å². The number of fused-ring (bicyclic) bond motifs is 1. The van der Waals surface area contributed by atoms with Crippen LogP contribution in [0.25, 0.3) is 10.9 Å². The van der Waals surface area contributed by atoms with Crippen LogP contribution in [-0.2, 0) is 4.79 Å². The van der Waals surface area contributed by atoms with E-state index in [1.165, 1.54) is 0 Å². The molecule has 0 amide bonds. The number of methoxy groups -OCH3 is 1. The first kappa shape index (κ1) is 19.8. The van der Waals surface area contributed by atoms with Gasteiger partial charge in [-0.3, -0.25) is 4.79 Å². The number of hydrogen-bond acceptors (Lipinski definition) is 3. The van der Waals surface area contributed by atoms with Crippen LogP contribution in [-0.4, -0.2) is 23.8 Å². The van der Waals surface area contributed by atoms with Gasteiger partial charge in [-0.15, -0.1) is 11.6 Å². The molecule has 3 nitrogen and oxygen atoms in total. The molecule has 3 rings (SSSR count). The number of unbranched alkanes of at least 4 members (excludes halogenated alkanes) is 1. The van der Waals surface area contributed by atoms with Crippen LogP contribution in [0.15, 0.2) is 59.1 Å². The van der Waals surface area contributed by atoms with E-state index in [0.717, 1.165) is 39.3 Å². The Hall–Kier alpha value is -1.91. The van der Waals surface area contributed by atoms with Gasteiger partial charge in [0.25, 0.3) is 0 Å². The van der Waals surface area contributed by atoms with Gasteiger partial charge in [0, 0.05) is 27.7 Å². The van der Waals surface area contributed by atoms with E-state index in [4.69, 9.17) is 16.3 Å². The minimum atomic E-state index is -0.410. The lowest BCUT2D eigenvalue weighted by atomic mass is 9.85. The second kappa shape index (κ2) is 9.34. The smallest absolute Gasteiger partial charge is 0.217 e. The minimum absolute atomic E-state index is 0.153. The van der Waals surface area contributed by atoms with Gasteiger partial charge in [-0.1, -0.05) is 46.3 Å². The average Bonchev–Trinajstić information content (AvgIpc) is 2.68. The molecule has 1 unspecified atom stereocenters. The third-order valence-corrected chi connectivity index (χ3v) is 5.30. The van der Waals surface area contributed by atoms with Gasteiger partial charge in [0.2, 0.25) is 5.88 Å². The second-order valence-corrected chi connectivity index (χ2v) is 7.67. The van der Waals surface area contributed by atoms with Gasteiger partial charge in [-0.2, -0.15) is 0 Å². The summed E-state index contributed by atoms with van der Waals surface area (Å²) in [6, 6.07) is 17.7. The van der Waals surface area contributed by atoms with Crippen molar-refractivity contribution in [3.63, 3.8) is 0 Å². The van der Waals surface area contributed by atoms with E-state index in [1.807, 2.05) is 54.6 Å². The number of rotatable bonds is 8. The summed E-state index contributed by atoms with van der Waals surface area (Å²) in [4.78, 5) is 17.8. The standard InChI is InChI=1S/C22H21BrClNO2/c1-27-22-18(14-16-13-17(23)10-11-19(16)25-22)21(15-7-3-2-4-8-15)20(26)9-5-6-12-24/h2-4,7-8,10-11,13-14,21H,5-6,9,12H2,1H3. The molecule has 0 aliphatic rings. The highest BCUT2D eigenvalue weighted by atomic mass is 79.9. The lowest BCUT2D eigenvalue weighted by Crippen LogP contribution is -2.16. The zero-order valence-electron chi connectivity index (χ0n) is 15.1. The van der Waals surface area contributed by atoms with Gasteiger partial charge in [-0.25, -0.2) is 4.98 Å². The molecule has 27 heavy (non-hydrogen) atoms. The third-order valence-electron chi connectivity index (χ3n) is 4.54. The summed E-state index contributed by atoms with van der Waals surface area (Å²) in [7, 11) is 1.59. The van der Waals surface area contributed by atoms with E-state index in [2.05, 4.69) is 20.9 Å². The van der Waals surface area contributed by atoms with Crippen LogP contribution in [0.2, 0.25) is 0 Å². The number of benzene rings is 2. The minimum Gasteiger partial charge on any atom is -0.481 e. The molecule has 1 atom stereocenters. The fourth-order valence-corrected chi connectivity index (χ4v) is 3.81. The van der Waals surface area contributed by atoms with Crippen LogP contribution in [0.5, 0.6) is 5.88 Å². The number of hydrogen-bond donors (Lipinski definition) is 0. The zero-order valence-corrected chi connectivity index (χ0v) is 17.5. The zero-order chi connectivity index (χ0) is 19.2. The summed E-state index contributed by atoms with van der Waals surface area (Å²) in [5.74, 6) is 0.801. The number of ether oxygens (including phenoxy) is 1. The molecule has 0 aliphatic carbocycles. The lowest BCUT2D eigenvalue weighted by molar-refractivity contribution is -0.119. The molecule has 0 saturated heterocycles. The molecule has 0 bridgehead atoms. The summed E-state index contributed by atoms with van der Waals surface area (Å²) in [5, 5.41) is 0.967. The fourth-order valence-electron chi connectivity index (χ4n) is 3.24. The van der Waals surface area contributed by atoms with Crippen molar-refractivity contribution in [3.05, 3.63) is 70.2 Å². The molecule has 0 spiro atoms. The maximum absolute atomic E-state index is 13.2. The molecule has 1 heterocycles. The number of carbonyl (C=O) groups excluding carboxylic acids is 1. The van der Waals surface area contributed by atoms with Crippen LogP contribution in [0, 0.1) is 0 Å². The molecule has 0 N–H and O–H groups in total. The molecule has 0 aliphatic heterocycles. The first-order valence-electron chi connectivity index (χ1n) is 8.92. The van der Waals surface area contributed by atoms with Crippen LogP contribution < -0.4 is 4.74 Å². The molecule has 3 aromatic rings. The number of aromatic nitrogens is 1. The topological polar surface area (TPSA) is 39.2 Å². The van der Waals surface area contributed by atoms with Crippen LogP contribution >= 0.6 is 27.5 Å². The normalized spacial score (nSPS) is 12.1. The second-order valence-electron chi connectivity index (χ2n) is 6.38. The SMILES string of the molecule is COc1nc2ccc(Br)cc2cc1C(C(=O)CCCCCl)c1ccccc1. The Morgan fingerprint density at radius 3 is 2.63 bits per heavy atom. The molecular formula is C22H21BrClNO2. The Kier molecular flexibility index (Phi) is 6.86. The average molecular weight is 447 g/mol. The van der Waals surface area contributed by atoms with E-state index in [-0.39, 0.29) is 5.78 Å². The fraction of sp³-hybridized carbons (Fsp3) is 0.273. The molecule has 2 aromatic carbocycles. The highest BCUT2D eigenvalue weighted by Crippen LogP contribution is 2.35. The molecular weight excluding hydrogens is 426 g/mol. The van der Waals surface area contributed by atoms with E-state index in [0.29, 0.717) is 18.2 Å². The van der Waals surface area contributed by atoms with E-state index >= 15 is 0 Å². The van der Waals surface area contributed by atoms with Gasteiger partial charge in [0.1, 0.15) is 5.78 Å². The monoisotopic (exact) mass is 445 g/mol.